The lowest BCUT2D eigenvalue weighted by Gasteiger charge is -2.09. The second-order valence-electron chi connectivity index (χ2n) is 4.44. The second kappa shape index (κ2) is 8.48. The molecule has 1 rings (SSSR count). The maximum absolute atomic E-state index is 10.9. The van der Waals surface area contributed by atoms with E-state index in [-0.39, 0.29) is 5.69 Å². The Morgan fingerprint density at radius 1 is 1.32 bits per heavy atom. The Morgan fingerprint density at radius 3 is 2.74 bits per heavy atom. The number of unbranched alkanes of at least 4 members (excludes halogenated alkanes) is 1. The van der Waals surface area contributed by atoms with Gasteiger partial charge in [0, 0.05) is 12.6 Å². The normalized spacial score (nSPS) is 10.4. The van der Waals surface area contributed by atoms with Gasteiger partial charge in [-0.2, -0.15) is 0 Å². The lowest BCUT2D eigenvalue weighted by atomic mass is 10.2. The van der Waals surface area contributed by atoms with Crippen molar-refractivity contribution in [1.29, 1.82) is 0 Å². The van der Waals surface area contributed by atoms with E-state index in [9.17, 15) is 10.1 Å². The first kappa shape index (κ1) is 15.4. The van der Waals surface area contributed by atoms with Gasteiger partial charge in [0.2, 0.25) is 0 Å². The fraction of sp³-hybridized carbons (Fsp3) is 0.571. The lowest BCUT2D eigenvalue weighted by molar-refractivity contribution is -0.385. The van der Waals surface area contributed by atoms with Crippen LogP contribution < -0.4 is 10.1 Å². The molecule has 0 heterocycles. The summed E-state index contributed by atoms with van der Waals surface area (Å²) in [5, 5.41) is 14.2. The van der Waals surface area contributed by atoms with Crippen LogP contribution in [0.25, 0.3) is 0 Å². The predicted molar refractivity (Wildman–Crippen MR) is 75.5 cm³/mol. The van der Waals surface area contributed by atoms with Gasteiger partial charge in [-0.15, -0.1) is 0 Å². The number of hydrogen-bond acceptors (Lipinski definition) is 4. The Hall–Kier alpha value is -1.62. The van der Waals surface area contributed by atoms with Crippen LogP contribution in [0.15, 0.2) is 18.2 Å². The lowest BCUT2D eigenvalue weighted by Crippen LogP contribution is -2.14. The Balaban J connectivity index is 2.75. The maximum Gasteiger partial charge on any atom is 0.310 e. The molecule has 0 saturated carbocycles. The monoisotopic (exact) mass is 266 g/mol. The molecule has 0 aromatic heterocycles. The van der Waals surface area contributed by atoms with E-state index >= 15 is 0 Å². The average molecular weight is 266 g/mol. The molecule has 5 nitrogen and oxygen atoms in total. The van der Waals surface area contributed by atoms with E-state index in [1.165, 1.54) is 6.07 Å². The summed E-state index contributed by atoms with van der Waals surface area (Å²) >= 11 is 0. The largest absolute Gasteiger partial charge is 0.487 e. The number of nitro groups is 1. The summed E-state index contributed by atoms with van der Waals surface area (Å²) in [5.74, 6) is 0.370. The van der Waals surface area contributed by atoms with Crippen LogP contribution in [-0.2, 0) is 6.54 Å². The van der Waals surface area contributed by atoms with Gasteiger partial charge in [0.1, 0.15) is 0 Å². The zero-order chi connectivity index (χ0) is 14.1. The first-order chi connectivity index (χ1) is 9.19. The molecule has 0 aliphatic heterocycles. The van der Waals surface area contributed by atoms with Crippen molar-refractivity contribution in [2.45, 2.75) is 39.7 Å². The van der Waals surface area contributed by atoms with Gasteiger partial charge < -0.3 is 10.1 Å². The van der Waals surface area contributed by atoms with Gasteiger partial charge in [0.15, 0.2) is 5.75 Å². The number of nitro benzene ring substituents is 1. The second-order valence-corrected chi connectivity index (χ2v) is 4.44. The van der Waals surface area contributed by atoms with Crippen molar-refractivity contribution >= 4 is 5.69 Å². The summed E-state index contributed by atoms with van der Waals surface area (Å²) in [6.07, 6.45) is 2.97. The molecule has 0 aliphatic carbocycles. The first-order valence-electron chi connectivity index (χ1n) is 6.79. The Kier molecular flexibility index (Phi) is 6.89. The van der Waals surface area contributed by atoms with Crippen LogP contribution in [0.5, 0.6) is 5.75 Å². The predicted octanol–water partition coefficient (Wildman–Crippen LogP) is 3.27. The molecule has 0 atom stereocenters. The van der Waals surface area contributed by atoms with Gasteiger partial charge in [-0.3, -0.25) is 10.1 Å². The molecule has 0 unspecified atom stereocenters. The van der Waals surface area contributed by atoms with Crippen LogP contribution in [0.1, 0.15) is 38.7 Å². The third-order valence-corrected chi connectivity index (χ3v) is 2.73. The Morgan fingerprint density at radius 2 is 2.11 bits per heavy atom. The minimum atomic E-state index is -0.398. The molecule has 106 valence electrons. The molecule has 1 aromatic rings. The minimum Gasteiger partial charge on any atom is -0.487 e. The third-order valence-electron chi connectivity index (χ3n) is 2.73. The first-order valence-corrected chi connectivity index (χ1v) is 6.79. The van der Waals surface area contributed by atoms with Crippen LogP contribution in [-0.4, -0.2) is 18.1 Å². The van der Waals surface area contributed by atoms with Gasteiger partial charge in [-0.05, 0) is 31.0 Å². The molecule has 0 saturated heterocycles. The molecule has 0 aliphatic rings. The highest BCUT2D eigenvalue weighted by Gasteiger charge is 2.15. The molecule has 1 aromatic carbocycles. The van der Waals surface area contributed by atoms with E-state index < -0.39 is 4.92 Å². The van der Waals surface area contributed by atoms with Crippen molar-refractivity contribution in [2.24, 2.45) is 0 Å². The molecule has 19 heavy (non-hydrogen) atoms. The summed E-state index contributed by atoms with van der Waals surface area (Å²) in [6, 6.07) is 5.05. The fourth-order valence-electron chi connectivity index (χ4n) is 1.67. The van der Waals surface area contributed by atoms with E-state index in [4.69, 9.17) is 4.74 Å². The zero-order valence-electron chi connectivity index (χ0n) is 11.6. The van der Waals surface area contributed by atoms with Gasteiger partial charge in [0.05, 0.1) is 11.5 Å². The Labute approximate surface area is 114 Å². The van der Waals surface area contributed by atoms with Gasteiger partial charge >= 0.3 is 5.69 Å². The summed E-state index contributed by atoms with van der Waals surface area (Å²) in [6.45, 7) is 6.31. The smallest absolute Gasteiger partial charge is 0.310 e. The number of ether oxygens (including phenoxy) is 1. The van der Waals surface area contributed by atoms with Crippen molar-refractivity contribution in [1.82, 2.24) is 5.32 Å². The van der Waals surface area contributed by atoms with Crippen molar-refractivity contribution in [2.75, 3.05) is 13.2 Å². The number of nitrogens with one attached hydrogen (secondary N) is 1. The molecular weight excluding hydrogens is 244 g/mol. The minimum absolute atomic E-state index is 0.0374. The highest BCUT2D eigenvalue weighted by atomic mass is 16.6. The van der Waals surface area contributed by atoms with Crippen molar-refractivity contribution in [3.63, 3.8) is 0 Å². The average Bonchev–Trinajstić information content (AvgIpc) is 2.39. The molecule has 1 N–H and O–H groups in total. The molecule has 5 heteroatoms. The number of rotatable bonds is 9. The summed E-state index contributed by atoms with van der Waals surface area (Å²) in [4.78, 5) is 10.5. The van der Waals surface area contributed by atoms with Crippen molar-refractivity contribution < 1.29 is 9.66 Å². The zero-order valence-corrected chi connectivity index (χ0v) is 11.6. The van der Waals surface area contributed by atoms with Gasteiger partial charge in [0.25, 0.3) is 0 Å². The van der Waals surface area contributed by atoms with Crippen molar-refractivity contribution in [3.05, 3.63) is 33.9 Å². The molecule has 0 radical (unpaired) electrons. The highest BCUT2D eigenvalue weighted by Crippen LogP contribution is 2.28. The number of nitrogens with zero attached hydrogens (tertiary/aromatic N) is 1. The van der Waals surface area contributed by atoms with E-state index in [0.717, 1.165) is 31.4 Å². The maximum atomic E-state index is 10.9. The quantitative estimate of drug-likeness (QED) is 0.423. The van der Waals surface area contributed by atoms with Gasteiger partial charge in [-0.25, -0.2) is 0 Å². The molecule has 0 spiro atoms. The van der Waals surface area contributed by atoms with Crippen LogP contribution in [0, 0.1) is 10.1 Å². The molecule has 0 bridgehead atoms. The summed E-state index contributed by atoms with van der Waals surface area (Å²) in [7, 11) is 0. The van der Waals surface area contributed by atoms with E-state index in [0.29, 0.717) is 18.9 Å². The van der Waals surface area contributed by atoms with Crippen molar-refractivity contribution in [3.8, 4) is 5.75 Å². The summed E-state index contributed by atoms with van der Waals surface area (Å²) in [5.41, 5.74) is 1.04. The van der Waals surface area contributed by atoms with E-state index in [1.807, 2.05) is 0 Å². The Bertz CT molecular complexity index is 408. The van der Waals surface area contributed by atoms with Crippen LogP contribution >= 0.6 is 0 Å². The number of hydrogen-bond donors (Lipinski definition) is 1. The molecule has 0 amide bonds. The van der Waals surface area contributed by atoms with Crippen LogP contribution in [0.3, 0.4) is 0 Å². The summed E-state index contributed by atoms with van der Waals surface area (Å²) < 4.78 is 5.52. The van der Waals surface area contributed by atoms with Crippen LogP contribution in [0.2, 0.25) is 0 Å². The van der Waals surface area contributed by atoms with E-state index in [2.05, 4.69) is 19.2 Å². The molecule has 0 fully saturated rings. The fourth-order valence-corrected chi connectivity index (χ4v) is 1.67. The van der Waals surface area contributed by atoms with E-state index in [1.54, 1.807) is 12.1 Å². The SMILES string of the molecule is CCCCOc1cc(CNCCC)ccc1[N+](=O)[O-]. The highest BCUT2D eigenvalue weighted by molar-refractivity contribution is 5.48. The van der Waals surface area contributed by atoms with Gasteiger partial charge in [-0.1, -0.05) is 26.3 Å². The third kappa shape index (κ3) is 5.26. The number of benzene rings is 1. The van der Waals surface area contributed by atoms with Crippen LogP contribution in [0.4, 0.5) is 5.69 Å². The topological polar surface area (TPSA) is 64.4 Å². The molecular formula is C14H22N2O3. The standard InChI is InChI=1S/C14H22N2O3/c1-3-5-9-19-14-10-12(11-15-8-4-2)6-7-13(14)16(17)18/h6-7,10,15H,3-5,8-9,11H2,1-2H3.